The number of alkyl halides is 3. The van der Waals surface area contributed by atoms with E-state index < -0.39 is 12.6 Å². The Balaban J connectivity index is 1.74. The van der Waals surface area contributed by atoms with Gasteiger partial charge < -0.3 is 19.3 Å². The Morgan fingerprint density at radius 3 is 2.52 bits per heavy atom. The summed E-state index contributed by atoms with van der Waals surface area (Å²) in [4.78, 5) is 4.63. The number of rotatable bonds is 10. The van der Waals surface area contributed by atoms with Gasteiger partial charge in [0.05, 0.1) is 12.7 Å². The van der Waals surface area contributed by atoms with Crippen LogP contribution < -0.4 is 0 Å². The maximum absolute atomic E-state index is 12.5. The zero-order valence-corrected chi connectivity index (χ0v) is 15.4. The van der Waals surface area contributed by atoms with Crippen molar-refractivity contribution in [1.29, 1.82) is 0 Å². The van der Waals surface area contributed by atoms with Gasteiger partial charge in [-0.1, -0.05) is 0 Å². The molecule has 0 N–H and O–H groups in total. The summed E-state index contributed by atoms with van der Waals surface area (Å²) in [6.07, 6.45) is -0.0248. The summed E-state index contributed by atoms with van der Waals surface area (Å²) < 4.78 is 48.2. The molecule has 0 spiro atoms. The highest BCUT2D eigenvalue weighted by Gasteiger charge is 2.28. The van der Waals surface area contributed by atoms with E-state index in [0.29, 0.717) is 12.5 Å². The summed E-state index contributed by atoms with van der Waals surface area (Å²) in [6, 6.07) is 0. The van der Waals surface area contributed by atoms with E-state index in [2.05, 4.69) is 9.80 Å². The molecule has 25 heavy (non-hydrogen) atoms. The highest BCUT2D eigenvalue weighted by Crippen LogP contribution is 2.24. The van der Waals surface area contributed by atoms with Crippen LogP contribution in [0.5, 0.6) is 0 Å². The smallest absolute Gasteiger partial charge is 0.383 e. The van der Waals surface area contributed by atoms with Crippen molar-refractivity contribution in [2.45, 2.75) is 50.8 Å². The van der Waals surface area contributed by atoms with E-state index >= 15 is 0 Å². The third kappa shape index (κ3) is 8.71. The van der Waals surface area contributed by atoms with Gasteiger partial charge in [-0.25, -0.2) is 0 Å². The second-order valence-corrected chi connectivity index (χ2v) is 7.39. The Labute approximate surface area is 149 Å². The van der Waals surface area contributed by atoms with E-state index in [1.807, 2.05) is 0 Å². The fourth-order valence-electron chi connectivity index (χ4n) is 3.81. The summed E-state index contributed by atoms with van der Waals surface area (Å²) in [6.45, 7) is 6.83. The van der Waals surface area contributed by atoms with Crippen LogP contribution >= 0.6 is 0 Å². The van der Waals surface area contributed by atoms with Crippen LogP contribution in [-0.4, -0.2) is 81.7 Å². The van der Waals surface area contributed by atoms with Crippen LogP contribution in [-0.2, 0) is 9.47 Å². The minimum absolute atomic E-state index is 0.183. The predicted molar refractivity (Wildman–Crippen MR) is 91.7 cm³/mol. The van der Waals surface area contributed by atoms with Gasteiger partial charge in [-0.05, 0) is 57.7 Å². The molecule has 148 valence electrons. The molecule has 2 fully saturated rings. The monoisotopic (exact) mass is 366 g/mol. The van der Waals surface area contributed by atoms with Crippen molar-refractivity contribution in [3.05, 3.63) is 0 Å². The van der Waals surface area contributed by atoms with Crippen LogP contribution in [0.4, 0.5) is 13.2 Å². The molecule has 4 nitrogen and oxygen atoms in total. The number of ether oxygens (including phenoxy) is 2. The zero-order valence-electron chi connectivity index (χ0n) is 15.4. The maximum atomic E-state index is 12.5. The molecule has 0 aliphatic carbocycles. The molecule has 0 aromatic rings. The molecule has 7 heteroatoms. The van der Waals surface area contributed by atoms with Gasteiger partial charge in [0.2, 0.25) is 0 Å². The van der Waals surface area contributed by atoms with Crippen LogP contribution in [0.15, 0.2) is 0 Å². The number of halogens is 3. The third-order valence-electron chi connectivity index (χ3n) is 5.26. The normalized spacial score (nSPS) is 23.6. The highest BCUT2D eigenvalue weighted by atomic mass is 19.4. The molecule has 2 aliphatic rings. The quantitative estimate of drug-likeness (QED) is 0.593. The molecule has 0 aromatic carbocycles. The Kier molecular flexibility index (Phi) is 8.96. The minimum Gasteiger partial charge on any atom is -0.383 e. The fourth-order valence-corrected chi connectivity index (χ4v) is 3.81. The summed E-state index contributed by atoms with van der Waals surface area (Å²) in [7, 11) is 1.72. The average Bonchev–Trinajstić information content (AvgIpc) is 3.06. The van der Waals surface area contributed by atoms with Crippen molar-refractivity contribution in [3.8, 4) is 0 Å². The molecule has 2 aliphatic heterocycles. The van der Waals surface area contributed by atoms with Gasteiger partial charge >= 0.3 is 6.18 Å². The van der Waals surface area contributed by atoms with Crippen LogP contribution in [0.2, 0.25) is 0 Å². The number of nitrogens with zero attached hydrogens (tertiary/aromatic N) is 2. The number of hydrogen-bond donors (Lipinski definition) is 0. The lowest BCUT2D eigenvalue weighted by Gasteiger charge is -2.35. The Hall–Kier alpha value is -0.370. The van der Waals surface area contributed by atoms with Gasteiger partial charge in [0.15, 0.2) is 0 Å². The molecule has 2 heterocycles. The molecule has 1 atom stereocenters. The largest absolute Gasteiger partial charge is 0.389 e. The van der Waals surface area contributed by atoms with E-state index in [1.54, 1.807) is 7.11 Å². The summed E-state index contributed by atoms with van der Waals surface area (Å²) in [5.41, 5.74) is 0. The van der Waals surface area contributed by atoms with Crippen molar-refractivity contribution in [2.75, 3.05) is 59.6 Å². The molecule has 0 saturated carbocycles. The first-order valence-electron chi connectivity index (χ1n) is 9.58. The van der Waals surface area contributed by atoms with E-state index in [1.165, 1.54) is 0 Å². The standard InChI is InChI=1S/C18H33F3N2O2/c1-24-13-11-22-9-5-16(6-10-22)14-23(8-3-7-18(19,20)21)15-17-4-2-12-25-17/h16-17H,2-15H2,1H3. The summed E-state index contributed by atoms with van der Waals surface area (Å²) in [5.74, 6) is 0.575. The van der Waals surface area contributed by atoms with Crippen LogP contribution in [0.1, 0.15) is 38.5 Å². The van der Waals surface area contributed by atoms with Gasteiger partial charge in [0.25, 0.3) is 0 Å². The van der Waals surface area contributed by atoms with E-state index in [9.17, 15) is 13.2 Å². The molecular formula is C18H33F3N2O2. The zero-order chi connectivity index (χ0) is 18.1. The van der Waals surface area contributed by atoms with Gasteiger partial charge in [0, 0.05) is 39.8 Å². The lowest BCUT2D eigenvalue weighted by Crippen LogP contribution is -2.42. The number of methoxy groups -OCH3 is 1. The SMILES string of the molecule is COCCN1CCC(CN(CCCC(F)(F)F)CC2CCCO2)CC1. The van der Waals surface area contributed by atoms with Crippen molar-refractivity contribution in [1.82, 2.24) is 9.80 Å². The maximum Gasteiger partial charge on any atom is 0.389 e. The van der Waals surface area contributed by atoms with Crippen molar-refractivity contribution in [3.63, 3.8) is 0 Å². The molecule has 0 bridgehead atoms. The van der Waals surface area contributed by atoms with Gasteiger partial charge in [0.1, 0.15) is 0 Å². The third-order valence-corrected chi connectivity index (χ3v) is 5.26. The van der Waals surface area contributed by atoms with Crippen molar-refractivity contribution in [2.24, 2.45) is 5.92 Å². The molecular weight excluding hydrogens is 333 g/mol. The fraction of sp³-hybridized carbons (Fsp3) is 1.00. The first kappa shape index (κ1) is 20.9. The topological polar surface area (TPSA) is 24.9 Å². The molecule has 1 unspecified atom stereocenters. The van der Waals surface area contributed by atoms with Crippen LogP contribution in [0.3, 0.4) is 0 Å². The van der Waals surface area contributed by atoms with Crippen molar-refractivity contribution < 1.29 is 22.6 Å². The lowest BCUT2D eigenvalue weighted by atomic mass is 9.96. The number of piperidine rings is 1. The van der Waals surface area contributed by atoms with E-state index in [4.69, 9.17) is 9.47 Å². The van der Waals surface area contributed by atoms with Crippen molar-refractivity contribution >= 4 is 0 Å². The molecule has 0 radical (unpaired) electrons. The van der Waals surface area contributed by atoms with Gasteiger partial charge in [-0.15, -0.1) is 0 Å². The average molecular weight is 366 g/mol. The first-order chi connectivity index (χ1) is 12.0. The van der Waals surface area contributed by atoms with Crippen LogP contribution in [0.25, 0.3) is 0 Å². The van der Waals surface area contributed by atoms with Crippen LogP contribution in [0, 0.1) is 5.92 Å². The minimum atomic E-state index is -4.05. The molecule has 2 rings (SSSR count). The second kappa shape index (κ2) is 10.7. The number of hydrogen-bond acceptors (Lipinski definition) is 4. The van der Waals surface area contributed by atoms with Gasteiger partial charge in [-0.2, -0.15) is 13.2 Å². The van der Waals surface area contributed by atoms with E-state index in [-0.39, 0.29) is 12.5 Å². The lowest BCUT2D eigenvalue weighted by molar-refractivity contribution is -0.136. The molecule has 2 saturated heterocycles. The second-order valence-electron chi connectivity index (χ2n) is 7.39. The summed E-state index contributed by atoms with van der Waals surface area (Å²) in [5, 5.41) is 0. The Morgan fingerprint density at radius 2 is 1.92 bits per heavy atom. The first-order valence-corrected chi connectivity index (χ1v) is 9.58. The molecule has 0 aromatic heterocycles. The van der Waals surface area contributed by atoms with E-state index in [0.717, 1.165) is 71.6 Å². The number of likely N-dealkylation sites (tertiary alicyclic amines) is 1. The Bertz CT molecular complexity index is 355. The predicted octanol–water partition coefficient (Wildman–Crippen LogP) is 3.17. The highest BCUT2D eigenvalue weighted by molar-refractivity contribution is 4.78. The summed E-state index contributed by atoms with van der Waals surface area (Å²) >= 11 is 0. The Morgan fingerprint density at radius 1 is 1.16 bits per heavy atom. The van der Waals surface area contributed by atoms with Gasteiger partial charge in [-0.3, -0.25) is 0 Å². The molecule has 0 amide bonds.